The zero-order valence-electron chi connectivity index (χ0n) is 15.3. The average Bonchev–Trinajstić information content (AvgIpc) is 2.69. The summed E-state index contributed by atoms with van der Waals surface area (Å²) in [5.74, 6) is -0.881. The number of nitriles is 1. The fourth-order valence-electron chi connectivity index (χ4n) is 3.18. The van der Waals surface area contributed by atoms with Gasteiger partial charge >= 0.3 is 6.18 Å². The molecule has 1 aliphatic rings. The van der Waals surface area contributed by atoms with E-state index in [1.807, 2.05) is 4.90 Å². The van der Waals surface area contributed by atoms with Crippen molar-refractivity contribution in [2.45, 2.75) is 6.18 Å². The molecule has 5 nitrogen and oxygen atoms in total. The number of carbonyl (C=O) groups excluding carboxylic acids is 1. The molecule has 1 amide bonds. The Balaban J connectivity index is 1.59. The molecule has 2 aromatic carbocycles. The van der Waals surface area contributed by atoms with Gasteiger partial charge < -0.3 is 10.2 Å². The third-order valence-electron chi connectivity index (χ3n) is 4.68. The first-order valence-corrected chi connectivity index (χ1v) is 8.91. The van der Waals surface area contributed by atoms with Crippen LogP contribution in [0.2, 0.25) is 0 Å². The first-order valence-electron chi connectivity index (χ1n) is 8.91. The van der Waals surface area contributed by atoms with Crippen molar-refractivity contribution in [1.82, 2.24) is 4.90 Å². The number of benzene rings is 2. The lowest BCUT2D eigenvalue weighted by molar-refractivity contribution is -0.137. The summed E-state index contributed by atoms with van der Waals surface area (Å²) in [5.41, 5.74) is -0.880. The summed E-state index contributed by atoms with van der Waals surface area (Å²) in [5, 5.41) is 11.4. The predicted molar refractivity (Wildman–Crippen MR) is 99.8 cm³/mol. The summed E-state index contributed by atoms with van der Waals surface area (Å²) in [6.45, 7) is 1.84. The fraction of sp³-hybridized carbons (Fsp3) is 0.300. The van der Waals surface area contributed by atoms with Crippen LogP contribution in [0.25, 0.3) is 0 Å². The van der Waals surface area contributed by atoms with E-state index in [1.54, 1.807) is 17.0 Å². The van der Waals surface area contributed by atoms with Crippen molar-refractivity contribution >= 4 is 17.3 Å². The lowest BCUT2D eigenvalue weighted by Crippen LogP contribution is -2.48. The predicted octanol–water partition coefficient (Wildman–Crippen LogP) is 3.48. The minimum absolute atomic E-state index is 0.0589. The fourth-order valence-corrected chi connectivity index (χ4v) is 3.18. The number of rotatable bonds is 4. The largest absolute Gasteiger partial charge is 0.417 e. The van der Waals surface area contributed by atoms with Crippen LogP contribution < -0.4 is 10.2 Å². The molecule has 9 heteroatoms. The number of piperazine rings is 1. The van der Waals surface area contributed by atoms with Gasteiger partial charge in [0.05, 0.1) is 29.4 Å². The molecular formula is C20H18F4N4O. The number of nitrogens with one attached hydrogen (secondary N) is 1. The maximum Gasteiger partial charge on any atom is 0.417 e. The molecule has 0 radical (unpaired) electrons. The van der Waals surface area contributed by atoms with Gasteiger partial charge in [-0.2, -0.15) is 18.4 Å². The van der Waals surface area contributed by atoms with Gasteiger partial charge in [-0.15, -0.1) is 0 Å². The number of halogens is 4. The lowest BCUT2D eigenvalue weighted by Gasteiger charge is -2.36. The second-order valence-corrected chi connectivity index (χ2v) is 6.63. The summed E-state index contributed by atoms with van der Waals surface area (Å²) in [4.78, 5) is 15.7. The molecule has 0 aliphatic carbocycles. The maximum absolute atomic E-state index is 13.6. The Kier molecular flexibility index (Phi) is 6.03. The molecule has 1 heterocycles. The van der Waals surface area contributed by atoms with Crippen LogP contribution in [0.5, 0.6) is 0 Å². The molecule has 1 aliphatic heterocycles. The number of amides is 1. The van der Waals surface area contributed by atoms with E-state index in [2.05, 4.69) is 5.32 Å². The number of para-hydroxylation sites is 1. The molecule has 0 bridgehead atoms. The van der Waals surface area contributed by atoms with Crippen LogP contribution in [-0.4, -0.2) is 43.5 Å². The molecule has 3 rings (SSSR count). The van der Waals surface area contributed by atoms with Crippen molar-refractivity contribution < 1.29 is 22.4 Å². The molecule has 0 atom stereocenters. The third-order valence-corrected chi connectivity index (χ3v) is 4.68. The SMILES string of the molecule is N#Cc1ccc(N2CCN(CC(=O)Nc3ccccc3F)CC2)cc1C(F)(F)F. The summed E-state index contributed by atoms with van der Waals surface area (Å²) in [7, 11) is 0. The standard InChI is InChI=1S/C20H18F4N4O/c21-17-3-1-2-4-18(17)26-19(29)13-27-7-9-28(10-8-27)15-6-5-14(12-25)16(11-15)20(22,23)24/h1-6,11H,7-10,13H2,(H,26,29). The number of hydrogen-bond acceptors (Lipinski definition) is 4. The molecule has 29 heavy (non-hydrogen) atoms. The smallest absolute Gasteiger partial charge is 0.369 e. The monoisotopic (exact) mass is 406 g/mol. The van der Waals surface area contributed by atoms with Gasteiger partial charge in [0.2, 0.25) is 5.91 Å². The van der Waals surface area contributed by atoms with Gasteiger partial charge in [0.25, 0.3) is 0 Å². The topological polar surface area (TPSA) is 59.4 Å². The Morgan fingerprint density at radius 3 is 2.41 bits per heavy atom. The molecule has 1 fully saturated rings. The second-order valence-electron chi connectivity index (χ2n) is 6.63. The molecule has 0 spiro atoms. The molecule has 0 saturated carbocycles. The number of nitrogens with zero attached hydrogens (tertiary/aromatic N) is 3. The van der Waals surface area contributed by atoms with Gasteiger partial charge in [0.1, 0.15) is 5.82 Å². The van der Waals surface area contributed by atoms with Crippen molar-refractivity contribution in [3.05, 3.63) is 59.4 Å². The molecule has 2 aromatic rings. The first-order chi connectivity index (χ1) is 13.8. The van der Waals surface area contributed by atoms with Crippen LogP contribution >= 0.6 is 0 Å². The zero-order chi connectivity index (χ0) is 21.0. The van der Waals surface area contributed by atoms with Crippen molar-refractivity contribution in [1.29, 1.82) is 5.26 Å². The van der Waals surface area contributed by atoms with Crippen LogP contribution in [0.15, 0.2) is 42.5 Å². The highest BCUT2D eigenvalue weighted by atomic mass is 19.4. The zero-order valence-corrected chi connectivity index (χ0v) is 15.3. The minimum Gasteiger partial charge on any atom is -0.369 e. The van der Waals surface area contributed by atoms with E-state index in [4.69, 9.17) is 5.26 Å². The van der Waals surface area contributed by atoms with Gasteiger partial charge in [-0.05, 0) is 30.3 Å². The van der Waals surface area contributed by atoms with E-state index in [0.29, 0.717) is 31.9 Å². The second kappa shape index (κ2) is 8.49. The third kappa shape index (κ3) is 5.03. The molecule has 1 N–H and O–H groups in total. The molecule has 0 aromatic heterocycles. The highest BCUT2D eigenvalue weighted by Crippen LogP contribution is 2.34. The normalized spacial score (nSPS) is 15.1. The van der Waals surface area contributed by atoms with Gasteiger partial charge in [-0.3, -0.25) is 9.69 Å². The highest BCUT2D eigenvalue weighted by molar-refractivity contribution is 5.92. The van der Waals surface area contributed by atoms with Gasteiger partial charge in [-0.25, -0.2) is 4.39 Å². The van der Waals surface area contributed by atoms with Gasteiger partial charge in [0, 0.05) is 31.9 Å². The quantitative estimate of drug-likeness (QED) is 0.790. The van der Waals surface area contributed by atoms with Crippen molar-refractivity contribution in [3.63, 3.8) is 0 Å². The summed E-state index contributed by atoms with van der Waals surface area (Å²) in [6, 6.07) is 11.1. The average molecular weight is 406 g/mol. The Morgan fingerprint density at radius 2 is 1.79 bits per heavy atom. The van der Waals surface area contributed by atoms with Crippen LogP contribution in [0.4, 0.5) is 28.9 Å². The summed E-state index contributed by atoms with van der Waals surface area (Å²) < 4.78 is 53.0. The minimum atomic E-state index is -4.60. The molecule has 0 unspecified atom stereocenters. The highest BCUT2D eigenvalue weighted by Gasteiger charge is 2.34. The number of alkyl halides is 3. The van der Waals surface area contributed by atoms with Crippen molar-refractivity contribution in [2.24, 2.45) is 0 Å². The van der Waals surface area contributed by atoms with Crippen LogP contribution in [0, 0.1) is 17.1 Å². The Bertz CT molecular complexity index is 931. The Morgan fingerprint density at radius 1 is 1.10 bits per heavy atom. The van der Waals surface area contributed by atoms with Crippen LogP contribution in [0.3, 0.4) is 0 Å². The first kappa shape index (κ1) is 20.6. The molecule has 1 saturated heterocycles. The van der Waals surface area contributed by atoms with Crippen molar-refractivity contribution in [3.8, 4) is 6.07 Å². The number of anilines is 2. The van der Waals surface area contributed by atoms with Gasteiger partial charge in [-0.1, -0.05) is 12.1 Å². The van der Waals surface area contributed by atoms with E-state index in [9.17, 15) is 22.4 Å². The molecule has 152 valence electrons. The Hall–Kier alpha value is -3.12. The summed E-state index contributed by atoms with van der Waals surface area (Å²) in [6.07, 6.45) is -4.60. The maximum atomic E-state index is 13.6. The van der Waals surface area contributed by atoms with Gasteiger partial charge in [0.15, 0.2) is 0 Å². The van der Waals surface area contributed by atoms with Crippen molar-refractivity contribution in [2.75, 3.05) is 42.9 Å². The van der Waals surface area contributed by atoms with E-state index in [-0.39, 0.29) is 18.1 Å². The van der Waals surface area contributed by atoms with E-state index in [0.717, 1.165) is 6.07 Å². The number of carbonyl (C=O) groups is 1. The Labute approximate surface area is 165 Å². The summed E-state index contributed by atoms with van der Waals surface area (Å²) >= 11 is 0. The molecular weight excluding hydrogens is 388 g/mol. The van der Waals surface area contributed by atoms with Crippen LogP contribution in [-0.2, 0) is 11.0 Å². The van der Waals surface area contributed by atoms with Crippen LogP contribution in [0.1, 0.15) is 11.1 Å². The number of hydrogen-bond donors (Lipinski definition) is 1. The lowest BCUT2D eigenvalue weighted by atomic mass is 10.1. The van der Waals surface area contributed by atoms with E-state index in [1.165, 1.54) is 30.3 Å². The van der Waals surface area contributed by atoms with E-state index < -0.39 is 23.1 Å². The van der Waals surface area contributed by atoms with E-state index >= 15 is 0 Å².